The van der Waals surface area contributed by atoms with Crippen molar-refractivity contribution in [1.82, 2.24) is 14.7 Å². The van der Waals surface area contributed by atoms with E-state index in [0.717, 1.165) is 22.8 Å². The van der Waals surface area contributed by atoms with E-state index in [2.05, 4.69) is 53.7 Å². The molecule has 1 aromatic rings. The quantitative estimate of drug-likeness (QED) is 0.839. The van der Waals surface area contributed by atoms with Crippen LogP contribution in [-0.4, -0.2) is 27.8 Å². The first-order valence-corrected chi connectivity index (χ1v) is 7.98. The predicted octanol–water partition coefficient (Wildman–Crippen LogP) is 3.89. The molecule has 1 fully saturated rings. The van der Waals surface area contributed by atoms with Crippen LogP contribution in [0.3, 0.4) is 0 Å². The Balaban J connectivity index is 2.00. The highest BCUT2D eigenvalue weighted by atomic mass is 79.9. The second-order valence-electron chi connectivity index (χ2n) is 6.78. The molecule has 2 rings (SSSR count). The van der Waals surface area contributed by atoms with Gasteiger partial charge < -0.3 is 0 Å². The largest absolute Gasteiger partial charge is 0.298 e. The minimum Gasteiger partial charge on any atom is -0.298 e. The zero-order valence-corrected chi connectivity index (χ0v) is 14.4. The summed E-state index contributed by atoms with van der Waals surface area (Å²) in [5.74, 6) is 0. The molecule has 0 atom stereocenters. The lowest BCUT2D eigenvalue weighted by atomic mass is 9.75. The Morgan fingerprint density at radius 1 is 1.37 bits per heavy atom. The minimum atomic E-state index is 0.543. The summed E-state index contributed by atoms with van der Waals surface area (Å²) < 4.78 is 3.17. The average molecular weight is 328 g/mol. The molecule has 1 saturated carbocycles. The van der Waals surface area contributed by atoms with Crippen LogP contribution in [0, 0.1) is 12.3 Å². The Labute approximate surface area is 125 Å². The first-order valence-electron chi connectivity index (χ1n) is 7.18. The minimum absolute atomic E-state index is 0.543. The fourth-order valence-electron chi connectivity index (χ4n) is 3.04. The van der Waals surface area contributed by atoms with Crippen molar-refractivity contribution in [2.75, 3.05) is 7.05 Å². The third-order valence-corrected chi connectivity index (χ3v) is 5.62. The molecule has 0 aliphatic heterocycles. The lowest BCUT2D eigenvalue weighted by Crippen LogP contribution is -2.37. The van der Waals surface area contributed by atoms with Gasteiger partial charge >= 0.3 is 0 Å². The fraction of sp³-hybridized carbons (Fsp3) is 0.800. The number of halogens is 1. The molecule has 0 bridgehead atoms. The Hall–Kier alpha value is -0.350. The SMILES string of the molecule is Cc1nn(C)c(CN(C)C2CCC(C)(C)CC2)c1Br. The van der Waals surface area contributed by atoms with Gasteiger partial charge in [0, 0.05) is 19.6 Å². The Kier molecular flexibility index (Phi) is 4.41. The predicted molar refractivity (Wildman–Crippen MR) is 83.1 cm³/mol. The lowest BCUT2D eigenvalue weighted by Gasteiger charge is -2.38. The average Bonchev–Trinajstić information content (AvgIpc) is 2.56. The fourth-order valence-corrected chi connectivity index (χ4v) is 3.50. The van der Waals surface area contributed by atoms with E-state index in [9.17, 15) is 0 Å². The van der Waals surface area contributed by atoms with Gasteiger partial charge in [-0.05, 0) is 61.0 Å². The zero-order valence-electron chi connectivity index (χ0n) is 12.8. The van der Waals surface area contributed by atoms with Gasteiger partial charge in [-0.15, -0.1) is 0 Å². The molecule has 0 amide bonds. The third-order valence-electron chi connectivity index (χ3n) is 4.59. The molecule has 0 N–H and O–H groups in total. The van der Waals surface area contributed by atoms with E-state index in [1.165, 1.54) is 31.4 Å². The van der Waals surface area contributed by atoms with Crippen molar-refractivity contribution in [1.29, 1.82) is 0 Å². The van der Waals surface area contributed by atoms with Crippen LogP contribution >= 0.6 is 15.9 Å². The number of aromatic nitrogens is 2. The maximum absolute atomic E-state index is 4.48. The second kappa shape index (κ2) is 5.57. The van der Waals surface area contributed by atoms with Crippen molar-refractivity contribution in [2.45, 2.75) is 59.0 Å². The highest BCUT2D eigenvalue weighted by Crippen LogP contribution is 2.37. The molecule has 1 aliphatic rings. The van der Waals surface area contributed by atoms with Gasteiger partial charge in [0.15, 0.2) is 0 Å². The number of nitrogens with zero attached hydrogens (tertiary/aromatic N) is 3. The van der Waals surface area contributed by atoms with Crippen molar-refractivity contribution < 1.29 is 0 Å². The molecule has 4 heteroatoms. The van der Waals surface area contributed by atoms with Crippen LogP contribution in [-0.2, 0) is 13.6 Å². The van der Waals surface area contributed by atoms with Crippen LogP contribution in [0.25, 0.3) is 0 Å². The maximum atomic E-state index is 4.48. The van der Waals surface area contributed by atoms with E-state index in [-0.39, 0.29) is 0 Å². The van der Waals surface area contributed by atoms with Crippen LogP contribution in [0.2, 0.25) is 0 Å². The highest BCUT2D eigenvalue weighted by molar-refractivity contribution is 9.10. The Morgan fingerprint density at radius 3 is 2.42 bits per heavy atom. The summed E-state index contributed by atoms with van der Waals surface area (Å²) in [5, 5.41) is 4.48. The number of hydrogen-bond donors (Lipinski definition) is 0. The molecule has 1 heterocycles. The first kappa shape index (κ1) is 15.0. The van der Waals surface area contributed by atoms with Crippen LogP contribution in [0.1, 0.15) is 50.9 Å². The topological polar surface area (TPSA) is 21.1 Å². The van der Waals surface area contributed by atoms with Crippen molar-refractivity contribution in [3.63, 3.8) is 0 Å². The molecule has 1 aromatic heterocycles. The molecule has 1 aliphatic carbocycles. The normalized spacial score (nSPS) is 20.2. The molecule has 0 unspecified atom stereocenters. The molecule has 108 valence electrons. The Morgan fingerprint density at radius 2 is 1.95 bits per heavy atom. The van der Waals surface area contributed by atoms with E-state index in [1.54, 1.807) is 0 Å². The number of aryl methyl sites for hydroxylation is 2. The summed E-state index contributed by atoms with van der Waals surface area (Å²) in [6, 6.07) is 0.718. The van der Waals surface area contributed by atoms with E-state index >= 15 is 0 Å². The van der Waals surface area contributed by atoms with Gasteiger partial charge in [0.2, 0.25) is 0 Å². The summed E-state index contributed by atoms with van der Waals surface area (Å²) in [4.78, 5) is 2.50. The third kappa shape index (κ3) is 3.40. The molecular formula is C15H26BrN3. The second-order valence-corrected chi connectivity index (χ2v) is 7.57. The molecule has 0 radical (unpaired) electrons. The van der Waals surface area contributed by atoms with Gasteiger partial charge in [-0.2, -0.15) is 5.10 Å². The monoisotopic (exact) mass is 327 g/mol. The molecule has 3 nitrogen and oxygen atoms in total. The maximum Gasteiger partial charge on any atom is 0.0739 e. The van der Waals surface area contributed by atoms with Crippen molar-refractivity contribution in [3.8, 4) is 0 Å². The molecule has 0 spiro atoms. The van der Waals surface area contributed by atoms with Gasteiger partial charge in [-0.1, -0.05) is 13.8 Å². The van der Waals surface area contributed by atoms with Gasteiger partial charge in [0.25, 0.3) is 0 Å². The van der Waals surface area contributed by atoms with Gasteiger partial charge in [0.05, 0.1) is 15.9 Å². The summed E-state index contributed by atoms with van der Waals surface area (Å²) >= 11 is 3.66. The van der Waals surface area contributed by atoms with E-state index in [4.69, 9.17) is 0 Å². The van der Waals surface area contributed by atoms with Crippen molar-refractivity contribution in [2.24, 2.45) is 12.5 Å². The van der Waals surface area contributed by atoms with Crippen LogP contribution < -0.4 is 0 Å². The number of hydrogen-bond acceptors (Lipinski definition) is 2. The van der Waals surface area contributed by atoms with Gasteiger partial charge in [-0.25, -0.2) is 0 Å². The molecule has 0 aromatic carbocycles. The molecule has 0 saturated heterocycles. The van der Waals surface area contributed by atoms with E-state index in [0.29, 0.717) is 5.41 Å². The molecule has 19 heavy (non-hydrogen) atoms. The van der Waals surface area contributed by atoms with Crippen molar-refractivity contribution >= 4 is 15.9 Å². The smallest absolute Gasteiger partial charge is 0.0739 e. The van der Waals surface area contributed by atoms with Gasteiger partial charge in [-0.3, -0.25) is 9.58 Å². The van der Waals surface area contributed by atoms with E-state index in [1.807, 2.05) is 11.7 Å². The summed E-state index contributed by atoms with van der Waals surface area (Å²) in [6.45, 7) is 7.81. The summed E-state index contributed by atoms with van der Waals surface area (Å²) in [7, 11) is 4.28. The summed E-state index contributed by atoms with van der Waals surface area (Å²) in [6.07, 6.45) is 5.32. The zero-order chi connectivity index (χ0) is 14.2. The van der Waals surface area contributed by atoms with Gasteiger partial charge in [0.1, 0.15) is 0 Å². The van der Waals surface area contributed by atoms with E-state index < -0.39 is 0 Å². The summed E-state index contributed by atoms with van der Waals surface area (Å²) in [5.41, 5.74) is 2.90. The first-order chi connectivity index (χ1) is 8.80. The molecular weight excluding hydrogens is 302 g/mol. The standard InChI is InChI=1S/C15H26BrN3/c1-11-14(16)13(19(5)17-11)10-18(4)12-6-8-15(2,3)9-7-12/h12H,6-10H2,1-5H3. The van der Waals surface area contributed by atoms with Crippen LogP contribution in [0.4, 0.5) is 0 Å². The lowest BCUT2D eigenvalue weighted by molar-refractivity contribution is 0.121. The van der Waals surface area contributed by atoms with Crippen LogP contribution in [0.5, 0.6) is 0 Å². The number of rotatable bonds is 3. The Bertz CT molecular complexity index is 440. The van der Waals surface area contributed by atoms with Crippen molar-refractivity contribution in [3.05, 3.63) is 15.9 Å². The highest BCUT2D eigenvalue weighted by Gasteiger charge is 2.29. The van der Waals surface area contributed by atoms with Crippen LogP contribution in [0.15, 0.2) is 4.47 Å².